The summed E-state index contributed by atoms with van der Waals surface area (Å²) in [5.74, 6) is 0. The Balaban J connectivity index is -0.0000000267. The molecule has 6 heteroatoms. The molecule has 1 atom stereocenters. The Kier molecular flexibility index (Phi) is 10.0. The standard InChI is InChI=1S/Na.HO4P.2H/c;1-4-5(2)3;;/h;1H;;/q+1;;2*-1. The number of hydrogen-bond donors (Lipinski definition) is 1. The van der Waals surface area contributed by atoms with Gasteiger partial charge in [-0.1, -0.05) is 0 Å². The van der Waals surface area contributed by atoms with Gasteiger partial charge in [0, 0.05) is 4.67 Å². The third kappa shape index (κ3) is 8.88. The van der Waals surface area contributed by atoms with Gasteiger partial charge in [0.05, 0.1) is 0 Å². The van der Waals surface area contributed by atoms with Crippen LogP contribution in [0.5, 0.6) is 0 Å². The largest absolute Gasteiger partial charge is 1.00 e. The molecule has 0 rings (SSSR count). The fourth-order valence-corrected chi connectivity index (χ4v) is 0. The molecule has 0 saturated carbocycles. The van der Waals surface area contributed by atoms with Gasteiger partial charge in [0.2, 0.25) is 0 Å². The number of hydrogen-bond acceptors (Lipinski definition) is 4. The van der Waals surface area contributed by atoms with Crippen LogP contribution in [-0.2, 0) is 9.24 Å². The predicted molar refractivity (Wildman–Crippen MR) is 13.5 cm³/mol. The predicted octanol–water partition coefficient (Wildman–Crippen LogP) is -3.28. The van der Waals surface area contributed by atoms with Crippen LogP contribution >= 0.6 is 8.25 Å². The second-order valence-corrected chi connectivity index (χ2v) is 0.916. The van der Waals surface area contributed by atoms with Crippen LogP contribution in [0.1, 0.15) is 2.85 Å². The van der Waals surface area contributed by atoms with Gasteiger partial charge in [-0.05, 0) is 4.57 Å². The molecule has 0 aliphatic carbocycles. The van der Waals surface area contributed by atoms with Gasteiger partial charge >= 0.3 is 37.8 Å². The summed E-state index contributed by atoms with van der Waals surface area (Å²) in [6.45, 7) is 0. The molecule has 1 N–H and O–H groups in total. The van der Waals surface area contributed by atoms with Crippen LogP contribution in [0.2, 0.25) is 0 Å². The summed E-state index contributed by atoms with van der Waals surface area (Å²) >= 11 is 0. The van der Waals surface area contributed by atoms with E-state index in [0.717, 1.165) is 0 Å². The molecule has 0 bridgehead atoms. The van der Waals surface area contributed by atoms with Crippen molar-refractivity contribution in [3.05, 3.63) is 0 Å². The van der Waals surface area contributed by atoms with Crippen LogP contribution in [0.25, 0.3) is 0 Å². The molecule has 6 heavy (non-hydrogen) atoms. The van der Waals surface area contributed by atoms with Gasteiger partial charge < -0.3 is 7.75 Å². The first kappa shape index (κ1) is 10.1. The molecule has 0 saturated heterocycles. The molecule has 4 nitrogen and oxygen atoms in total. The van der Waals surface area contributed by atoms with Crippen LogP contribution in [0, 0.1) is 0 Å². The van der Waals surface area contributed by atoms with Crippen LogP contribution in [0.4, 0.5) is 0 Å². The van der Waals surface area contributed by atoms with E-state index in [9.17, 15) is 0 Å². The van der Waals surface area contributed by atoms with Crippen molar-refractivity contribution in [2.75, 3.05) is 0 Å². The third-order valence-electron chi connectivity index (χ3n) is 0.0667. The van der Waals surface area contributed by atoms with Crippen molar-refractivity contribution in [2.24, 2.45) is 0 Å². The van der Waals surface area contributed by atoms with E-state index < -0.39 is 8.25 Å². The summed E-state index contributed by atoms with van der Waals surface area (Å²) < 4.78 is 11.6. The molecular weight excluding hydrogens is 118 g/mol. The van der Waals surface area contributed by atoms with Crippen molar-refractivity contribution in [1.82, 2.24) is 0 Å². The Bertz CT molecular complexity index is 49.3. The molecule has 34 valence electrons. The first-order valence-corrected chi connectivity index (χ1v) is 1.83. The maximum Gasteiger partial charge on any atom is 1.00 e. The zero-order valence-electron chi connectivity index (χ0n) is 5.12. The van der Waals surface area contributed by atoms with Gasteiger partial charge in [-0.15, -0.1) is 0 Å². The van der Waals surface area contributed by atoms with Crippen LogP contribution in [0.15, 0.2) is 0 Å². The molecule has 0 aromatic rings. The molecule has 0 spiro atoms. The maximum absolute atomic E-state index is 8.93. The summed E-state index contributed by atoms with van der Waals surface area (Å²) in [7, 11) is -3.04. The van der Waals surface area contributed by atoms with E-state index in [2.05, 4.69) is 4.67 Å². The van der Waals surface area contributed by atoms with Crippen molar-refractivity contribution in [3.8, 4) is 0 Å². The average molecular weight is 121 g/mol. The summed E-state index contributed by atoms with van der Waals surface area (Å²) in [4.78, 5) is 8.93. The molecule has 0 amide bonds. The molecule has 0 aromatic heterocycles. The van der Waals surface area contributed by atoms with E-state index in [1.54, 1.807) is 0 Å². The molecular formula is H3NaO4P-. The van der Waals surface area contributed by atoms with E-state index in [0.29, 0.717) is 0 Å². The fraction of sp³-hybridized carbons (Fsp3) is 0. The van der Waals surface area contributed by atoms with Crippen molar-refractivity contribution in [1.29, 1.82) is 0 Å². The topological polar surface area (TPSA) is 69.6 Å². The van der Waals surface area contributed by atoms with E-state index >= 15 is 0 Å². The Morgan fingerprint density at radius 3 is 2.17 bits per heavy atom. The molecule has 0 aliphatic rings. The van der Waals surface area contributed by atoms with Gasteiger partial charge in [0.15, 0.2) is 0 Å². The Morgan fingerprint density at radius 2 is 2.17 bits per heavy atom. The van der Waals surface area contributed by atoms with Crippen molar-refractivity contribution in [2.45, 2.75) is 0 Å². The van der Waals surface area contributed by atoms with E-state index in [-0.39, 0.29) is 32.4 Å². The molecule has 0 aromatic carbocycles. The summed E-state index contributed by atoms with van der Waals surface area (Å²) in [5, 5.41) is 7.05. The van der Waals surface area contributed by atoms with E-state index in [4.69, 9.17) is 14.7 Å². The van der Waals surface area contributed by atoms with Gasteiger partial charge in [-0.3, -0.25) is 0 Å². The molecule has 0 aliphatic heterocycles. The Morgan fingerprint density at radius 1 is 2.00 bits per heavy atom. The van der Waals surface area contributed by atoms with Crippen molar-refractivity contribution < 1.29 is 51.8 Å². The minimum Gasteiger partial charge on any atom is -1.00 e. The van der Waals surface area contributed by atoms with Gasteiger partial charge in [-0.25, -0.2) is 5.26 Å². The third-order valence-corrected chi connectivity index (χ3v) is 0.200. The fourth-order valence-electron chi connectivity index (χ4n) is 0. The zero-order valence-corrected chi connectivity index (χ0v) is 6.01. The van der Waals surface area contributed by atoms with Gasteiger partial charge in [0.1, 0.15) is 0 Å². The molecule has 0 radical (unpaired) electrons. The van der Waals surface area contributed by atoms with Gasteiger partial charge in [0.25, 0.3) is 0 Å². The van der Waals surface area contributed by atoms with E-state index in [1.807, 2.05) is 0 Å². The first-order chi connectivity index (χ1) is 2.27. The maximum atomic E-state index is 8.93. The second kappa shape index (κ2) is 5.98. The quantitative estimate of drug-likeness (QED) is 0.171. The first-order valence-electron chi connectivity index (χ1n) is 0.730. The SMILES string of the molecule is O=[P+]([O-])OO.[H-].[H-].[Na+]. The Labute approximate surface area is 60.3 Å². The summed E-state index contributed by atoms with van der Waals surface area (Å²) in [6, 6.07) is 0. The molecule has 0 fully saturated rings. The van der Waals surface area contributed by atoms with E-state index in [1.165, 1.54) is 0 Å². The smallest absolute Gasteiger partial charge is 1.00 e. The van der Waals surface area contributed by atoms with Crippen molar-refractivity contribution in [3.63, 3.8) is 0 Å². The zero-order chi connectivity index (χ0) is 4.28. The molecule has 1 unspecified atom stereocenters. The monoisotopic (exact) mass is 121 g/mol. The van der Waals surface area contributed by atoms with Crippen molar-refractivity contribution >= 4 is 8.25 Å². The summed E-state index contributed by atoms with van der Waals surface area (Å²) in [5.41, 5.74) is 0. The average Bonchev–Trinajstić information content (AvgIpc) is 1.38. The van der Waals surface area contributed by atoms with Gasteiger partial charge in [-0.2, -0.15) is 0 Å². The minimum atomic E-state index is -3.04. The van der Waals surface area contributed by atoms with Crippen LogP contribution < -0.4 is 34.5 Å². The summed E-state index contributed by atoms with van der Waals surface area (Å²) in [6.07, 6.45) is 0. The minimum absolute atomic E-state index is 0. The molecule has 0 heterocycles. The number of rotatable bonds is 1. The normalized spacial score (nSPS) is 9.33. The Hall–Kier alpha value is 0.980. The van der Waals surface area contributed by atoms with Crippen LogP contribution in [-0.4, -0.2) is 5.26 Å². The van der Waals surface area contributed by atoms with Crippen LogP contribution in [0.3, 0.4) is 0 Å². The second-order valence-electron chi connectivity index (χ2n) is 0.305.